The average Bonchev–Trinajstić information content (AvgIpc) is 2.04. The van der Waals surface area contributed by atoms with E-state index < -0.39 is 0 Å². The third-order valence-electron chi connectivity index (χ3n) is 1.68. The Morgan fingerprint density at radius 3 is 2.77 bits per heavy atom. The van der Waals surface area contributed by atoms with Crippen molar-refractivity contribution in [2.24, 2.45) is 0 Å². The molecule has 0 aliphatic rings. The second kappa shape index (κ2) is 3.98. The van der Waals surface area contributed by atoms with Crippen LogP contribution < -0.4 is 5.32 Å². The van der Waals surface area contributed by atoms with Crippen molar-refractivity contribution < 1.29 is 4.79 Å². The van der Waals surface area contributed by atoms with Crippen molar-refractivity contribution >= 4 is 5.91 Å². The second-order valence-electron chi connectivity index (χ2n) is 2.78. The Morgan fingerprint density at radius 2 is 2.23 bits per heavy atom. The van der Waals surface area contributed by atoms with Crippen LogP contribution in [0.2, 0.25) is 0 Å². The van der Waals surface area contributed by atoms with E-state index in [0.29, 0.717) is 17.9 Å². The number of carbonyl (C=O) groups is 1. The Balaban J connectivity index is 2.95. The van der Waals surface area contributed by atoms with Crippen molar-refractivity contribution in [1.29, 1.82) is 0 Å². The lowest BCUT2D eigenvalue weighted by Gasteiger charge is -2.04. The van der Waals surface area contributed by atoms with Crippen molar-refractivity contribution in [1.82, 2.24) is 15.3 Å². The summed E-state index contributed by atoms with van der Waals surface area (Å²) in [5.41, 5.74) is 1.27. The number of nitrogens with one attached hydrogen (secondary N) is 1. The molecular weight excluding hydrogens is 166 g/mol. The Bertz CT molecular complexity index is 323. The highest BCUT2D eigenvalue weighted by Gasteiger charge is 2.08. The van der Waals surface area contributed by atoms with Gasteiger partial charge in [0.1, 0.15) is 5.82 Å². The van der Waals surface area contributed by atoms with E-state index in [4.69, 9.17) is 0 Å². The van der Waals surface area contributed by atoms with Gasteiger partial charge in [-0.2, -0.15) is 0 Å². The number of rotatable bonds is 2. The lowest BCUT2D eigenvalue weighted by atomic mass is 10.2. The van der Waals surface area contributed by atoms with Crippen LogP contribution in [0.25, 0.3) is 0 Å². The summed E-state index contributed by atoms with van der Waals surface area (Å²) in [5.74, 6) is 0.575. The fraction of sp³-hybridized carbons (Fsp3) is 0.444. The third kappa shape index (κ3) is 2.24. The van der Waals surface area contributed by atoms with Crippen LogP contribution in [0.1, 0.15) is 28.8 Å². The molecule has 0 bridgehead atoms. The van der Waals surface area contributed by atoms with Crippen molar-refractivity contribution in [2.45, 2.75) is 20.8 Å². The Labute approximate surface area is 77.4 Å². The number of hydrogen-bond acceptors (Lipinski definition) is 3. The fourth-order valence-corrected chi connectivity index (χ4v) is 1.06. The molecule has 13 heavy (non-hydrogen) atoms. The zero-order chi connectivity index (χ0) is 9.84. The molecule has 1 amide bonds. The molecule has 0 fully saturated rings. The van der Waals surface area contributed by atoms with Crippen LogP contribution in [0.3, 0.4) is 0 Å². The van der Waals surface area contributed by atoms with Crippen molar-refractivity contribution in [3.05, 3.63) is 23.3 Å². The summed E-state index contributed by atoms with van der Waals surface area (Å²) in [4.78, 5) is 19.5. The largest absolute Gasteiger partial charge is 0.352 e. The lowest BCUT2D eigenvalue weighted by molar-refractivity contribution is 0.0954. The molecule has 0 aliphatic heterocycles. The van der Waals surface area contributed by atoms with Crippen LogP contribution in [-0.4, -0.2) is 22.4 Å². The number of carbonyl (C=O) groups excluding carboxylic acids is 1. The van der Waals surface area contributed by atoms with Crippen LogP contribution in [-0.2, 0) is 0 Å². The minimum absolute atomic E-state index is 0.111. The monoisotopic (exact) mass is 179 g/mol. The second-order valence-corrected chi connectivity index (χ2v) is 2.78. The summed E-state index contributed by atoms with van der Waals surface area (Å²) in [7, 11) is 0. The van der Waals surface area contributed by atoms with Crippen LogP contribution in [0.5, 0.6) is 0 Å². The Morgan fingerprint density at radius 1 is 1.54 bits per heavy atom. The smallest absolute Gasteiger partial charge is 0.254 e. The normalized spacial score (nSPS) is 9.77. The van der Waals surface area contributed by atoms with E-state index in [2.05, 4.69) is 15.3 Å². The van der Waals surface area contributed by atoms with Gasteiger partial charge in [0.15, 0.2) is 0 Å². The van der Waals surface area contributed by atoms with Gasteiger partial charge in [0, 0.05) is 12.7 Å². The summed E-state index contributed by atoms with van der Waals surface area (Å²) in [5, 5.41) is 2.70. The van der Waals surface area contributed by atoms with Gasteiger partial charge in [0.05, 0.1) is 11.3 Å². The molecule has 1 heterocycles. The van der Waals surface area contributed by atoms with E-state index >= 15 is 0 Å². The molecule has 1 aromatic heterocycles. The molecule has 0 spiro atoms. The van der Waals surface area contributed by atoms with Gasteiger partial charge < -0.3 is 5.32 Å². The molecule has 0 aliphatic carbocycles. The van der Waals surface area contributed by atoms with E-state index in [0.717, 1.165) is 5.69 Å². The highest BCUT2D eigenvalue weighted by atomic mass is 16.1. The maximum Gasteiger partial charge on any atom is 0.254 e. The molecular formula is C9H13N3O. The molecule has 1 aromatic rings. The molecule has 0 saturated carbocycles. The Hall–Kier alpha value is -1.45. The van der Waals surface area contributed by atoms with E-state index in [-0.39, 0.29) is 5.91 Å². The first-order valence-electron chi connectivity index (χ1n) is 4.23. The maximum atomic E-state index is 11.4. The first-order valence-corrected chi connectivity index (χ1v) is 4.23. The molecule has 1 N–H and O–H groups in total. The zero-order valence-electron chi connectivity index (χ0n) is 8.09. The molecule has 4 nitrogen and oxygen atoms in total. The minimum atomic E-state index is -0.111. The summed E-state index contributed by atoms with van der Waals surface area (Å²) < 4.78 is 0. The minimum Gasteiger partial charge on any atom is -0.352 e. The first-order chi connectivity index (χ1) is 6.15. The van der Waals surface area contributed by atoms with Gasteiger partial charge in [-0.15, -0.1) is 0 Å². The quantitative estimate of drug-likeness (QED) is 0.732. The van der Waals surface area contributed by atoms with Crippen LogP contribution in [0.4, 0.5) is 0 Å². The van der Waals surface area contributed by atoms with Gasteiger partial charge >= 0.3 is 0 Å². The maximum absolute atomic E-state index is 11.4. The van der Waals surface area contributed by atoms with E-state index in [1.54, 1.807) is 20.0 Å². The topological polar surface area (TPSA) is 54.9 Å². The van der Waals surface area contributed by atoms with E-state index in [1.165, 1.54) is 0 Å². The number of nitrogens with zero attached hydrogens (tertiary/aromatic N) is 2. The molecule has 0 unspecified atom stereocenters. The van der Waals surface area contributed by atoms with Crippen molar-refractivity contribution in [3.8, 4) is 0 Å². The SMILES string of the molecule is CCNC(=O)c1cnc(C)nc1C. The molecule has 0 saturated heterocycles. The van der Waals surface area contributed by atoms with Gasteiger partial charge in [-0.3, -0.25) is 4.79 Å². The highest BCUT2D eigenvalue weighted by molar-refractivity contribution is 5.94. The van der Waals surface area contributed by atoms with Crippen LogP contribution in [0.15, 0.2) is 6.20 Å². The summed E-state index contributed by atoms with van der Waals surface area (Å²) in [6, 6.07) is 0. The van der Waals surface area contributed by atoms with Crippen molar-refractivity contribution in [2.75, 3.05) is 6.54 Å². The van der Waals surface area contributed by atoms with Crippen LogP contribution >= 0.6 is 0 Å². The van der Waals surface area contributed by atoms with Gasteiger partial charge in [-0.05, 0) is 20.8 Å². The number of aryl methyl sites for hydroxylation is 2. The first kappa shape index (κ1) is 9.64. The van der Waals surface area contributed by atoms with Gasteiger partial charge in [-0.25, -0.2) is 9.97 Å². The molecule has 70 valence electrons. The fourth-order valence-electron chi connectivity index (χ4n) is 1.06. The molecule has 1 rings (SSSR count). The number of amides is 1. The number of aromatic nitrogens is 2. The zero-order valence-corrected chi connectivity index (χ0v) is 8.09. The third-order valence-corrected chi connectivity index (χ3v) is 1.68. The molecule has 4 heteroatoms. The molecule has 0 radical (unpaired) electrons. The van der Waals surface area contributed by atoms with Crippen LogP contribution in [0, 0.1) is 13.8 Å². The molecule has 0 aromatic carbocycles. The predicted molar refractivity (Wildman–Crippen MR) is 49.5 cm³/mol. The summed E-state index contributed by atoms with van der Waals surface area (Å²) in [6.07, 6.45) is 1.56. The van der Waals surface area contributed by atoms with Crippen molar-refractivity contribution in [3.63, 3.8) is 0 Å². The van der Waals surface area contributed by atoms with E-state index in [1.807, 2.05) is 6.92 Å². The van der Waals surface area contributed by atoms with E-state index in [9.17, 15) is 4.79 Å². The predicted octanol–water partition coefficient (Wildman–Crippen LogP) is 0.843. The molecule has 0 atom stereocenters. The van der Waals surface area contributed by atoms with Gasteiger partial charge in [-0.1, -0.05) is 0 Å². The lowest BCUT2D eigenvalue weighted by Crippen LogP contribution is -2.24. The highest BCUT2D eigenvalue weighted by Crippen LogP contribution is 2.02. The number of hydrogen-bond donors (Lipinski definition) is 1. The standard InChI is InChI=1S/C9H13N3O/c1-4-10-9(13)8-5-11-7(3)12-6(8)2/h5H,4H2,1-3H3,(H,10,13). The average molecular weight is 179 g/mol. The summed E-state index contributed by atoms with van der Waals surface area (Å²) in [6.45, 7) is 6.10. The van der Waals surface area contributed by atoms with Gasteiger partial charge in [0.2, 0.25) is 0 Å². The summed E-state index contributed by atoms with van der Waals surface area (Å²) >= 11 is 0. The van der Waals surface area contributed by atoms with Gasteiger partial charge in [0.25, 0.3) is 5.91 Å². The Kier molecular flexibility index (Phi) is 2.95.